The highest BCUT2D eigenvalue weighted by Crippen LogP contribution is 2.10. The summed E-state index contributed by atoms with van der Waals surface area (Å²) in [5, 5.41) is 4.51. The van der Waals surface area contributed by atoms with Gasteiger partial charge < -0.3 is 9.88 Å². The van der Waals surface area contributed by atoms with Crippen molar-refractivity contribution in [1.29, 1.82) is 0 Å². The van der Waals surface area contributed by atoms with E-state index in [0.717, 1.165) is 0 Å². The average Bonchev–Trinajstić information content (AvgIpc) is 3.22. The molecule has 0 unspecified atom stereocenters. The Bertz CT molecular complexity index is 1150. The number of carbonyl (C=O) groups excluding carboxylic acids is 1. The Kier molecular flexibility index (Phi) is 4.17. The zero-order valence-corrected chi connectivity index (χ0v) is 14.4. The summed E-state index contributed by atoms with van der Waals surface area (Å²) in [5.74, 6) is 0.748. The van der Waals surface area contributed by atoms with Crippen molar-refractivity contribution in [3.8, 4) is 5.82 Å². The van der Waals surface area contributed by atoms with E-state index in [2.05, 4.69) is 25.0 Å². The average molecular weight is 361 g/mol. The first-order valence-corrected chi connectivity index (χ1v) is 8.16. The third-order valence-electron chi connectivity index (χ3n) is 4.04. The first kappa shape index (κ1) is 16.6. The zero-order valence-electron chi connectivity index (χ0n) is 14.4. The van der Waals surface area contributed by atoms with Crippen LogP contribution < -0.4 is 5.56 Å². The number of carbonyl (C=O) groups is 1. The summed E-state index contributed by atoms with van der Waals surface area (Å²) in [5.41, 5.74) is 0.788. The monoisotopic (exact) mass is 361 g/mol. The van der Waals surface area contributed by atoms with Gasteiger partial charge in [0.15, 0.2) is 5.82 Å². The van der Waals surface area contributed by atoms with Crippen molar-refractivity contribution in [1.82, 2.24) is 34.6 Å². The molecule has 4 rings (SSSR count). The van der Waals surface area contributed by atoms with Crippen molar-refractivity contribution in [3.05, 3.63) is 77.0 Å². The van der Waals surface area contributed by atoms with E-state index in [4.69, 9.17) is 0 Å². The van der Waals surface area contributed by atoms with Crippen LogP contribution in [0.5, 0.6) is 0 Å². The number of para-hydroxylation sites is 1. The van der Waals surface area contributed by atoms with Crippen LogP contribution in [0.4, 0.5) is 0 Å². The number of pyridine rings is 1. The molecule has 4 aromatic rings. The molecule has 134 valence electrons. The lowest BCUT2D eigenvalue weighted by molar-refractivity contribution is 0.0781. The minimum atomic E-state index is -0.233. The largest absolute Gasteiger partial charge is 0.334 e. The predicted molar refractivity (Wildman–Crippen MR) is 97.3 cm³/mol. The van der Waals surface area contributed by atoms with E-state index >= 15 is 0 Å². The summed E-state index contributed by atoms with van der Waals surface area (Å²) in [6.45, 7) is 0.170. The molecule has 1 aromatic carbocycles. The minimum absolute atomic E-state index is 0.170. The van der Waals surface area contributed by atoms with E-state index in [9.17, 15) is 9.59 Å². The number of nitrogens with one attached hydrogen (secondary N) is 1. The topological polar surface area (TPSA) is 110 Å². The number of aromatic nitrogens is 6. The molecular formula is C18H15N7O2. The Morgan fingerprint density at radius 2 is 2.07 bits per heavy atom. The summed E-state index contributed by atoms with van der Waals surface area (Å²) in [6.07, 6.45) is 4.41. The van der Waals surface area contributed by atoms with Crippen LogP contribution in [0.2, 0.25) is 0 Å². The molecule has 0 saturated carbocycles. The second kappa shape index (κ2) is 6.79. The molecule has 0 bridgehead atoms. The predicted octanol–water partition coefficient (Wildman–Crippen LogP) is 1.17. The SMILES string of the molecule is CN(Cc1nc2ccccc2c(=O)[nH]1)C(=O)c1ccc(-n2cncn2)nc1. The van der Waals surface area contributed by atoms with Gasteiger partial charge in [-0.05, 0) is 24.3 Å². The van der Waals surface area contributed by atoms with E-state index < -0.39 is 0 Å². The fourth-order valence-electron chi connectivity index (χ4n) is 2.70. The Balaban J connectivity index is 1.53. The van der Waals surface area contributed by atoms with Crippen molar-refractivity contribution >= 4 is 16.8 Å². The van der Waals surface area contributed by atoms with E-state index in [0.29, 0.717) is 28.1 Å². The minimum Gasteiger partial charge on any atom is -0.334 e. The molecule has 9 nitrogen and oxygen atoms in total. The van der Waals surface area contributed by atoms with Crippen LogP contribution in [0.25, 0.3) is 16.7 Å². The second-order valence-electron chi connectivity index (χ2n) is 5.94. The summed E-state index contributed by atoms with van der Waals surface area (Å²) in [7, 11) is 1.64. The molecule has 3 heterocycles. The number of H-pyrrole nitrogens is 1. The summed E-state index contributed by atoms with van der Waals surface area (Å²) in [4.78, 5) is 41.5. The Labute approximate surface area is 153 Å². The van der Waals surface area contributed by atoms with Gasteiger partial charge in [0.05, 0.1) is 23.0 Å². The number of benzene rings is 1. The standard InChI is InChI=1S/C18H15N7O2/c1-24(9-15-22-14-5-3-2-4-13(14)17(26)23-15)18(27)12-6-7-16(20-8-12)25-11-19-10-21-25/h2-8,10-11H,9H2,1H3,(H,22,23,26). The number of amides is 1. The van der Waals surface area contributed by atoms with Crippen LogP contribution in [-0.2, 0) is 6.54 Å². The van der Waals surface area contributed by atoms with Gasteiger partial charge in [0.1, 0.15) is 18.5 Å². The smallest absolute Gasteiger partial charge is 0.258 e. The highest BCUT2D eigenvalue weighted by Gasteiger charge is 2.14. The van der Waals surface area contributed by atoms with Crippen LogP contribution in [0.1, 0.15) is 16.2 Å². The second-order valence-corrected chi connectivity index (χ2v) is 5.94. The summed E-state index contributed by atoms with van der Waals surface area (Å²) < 4.78 is 1.50. The number of fused-ring (bicyclic) bond motifs is 1. The highest BCUT2D eigenvalue weighted by atomic mass is 16.2. The molecule has 0 saturated heterocycles. The number of hydrogen-bond acceptors (Lipinski definition) is 6. The van der Waals surface area contributed by atoms with Gasteiger partial charge in [0.25, 0.3) is 11.5 Å². The van der Waals surface area contributed by atoms with E-state index in [1.165, 1.54) is 28.4 Å². The lowest BCUT2D eigenvalue weighted by Crippen LogP contribution is -2.28. The molecular weight excluding hydrogens is 346 g/mol. The Hall–Kier alpha value is -3.88. The first-order chi connectivity index (χ1) is 13.1. The van der Waals surface area contributed by atoms with Gasteiger partial charge in [-0.1, -0.05) is 12.1 Å². The summed E-state index contributed by atoms with van der Waals surface area (Å²) >= 11 is 0. The molecule has 0 aliphatic carbocycles. The fraction of sp³-hybridized carbons (Fsp3) is 0.111. The maximum absolute atomic E-state index is 12.6. The molecule has 0 radical (unpaired) electrons. The van der Waals surface area contributed by atoms with Crippen molar-refractivity contribution < 1.29 is 4.79 Å². The first-order valence-electron chi connectivity index (χ1n) is 8.16. The van der Waals surface area contributed by atoms with Gasteiger partial charge in [-0.3, -0.25) is 9.59 Å². The van der Waals surface area contributed by atoms with E-state index in [-0.39, 0.29) is 18.0 Å². The van der Waals surface area contributed by atoms with E-state index in [1.54, 1.807) is 37.4 Å². The lowest BCUT2D eigenvalue weighted by atomic mass is 10.2. The summed E-state index contributed by atoms with van der Waals surface area (Å²) in [6, 6.07) is 10.4. The van der Waals surface area contributed by atoms with Crippen LogP contribution in [0.3, 0.4) is 0 Å². The fourth-order valence-corrected chi connectivity index (χ4v) is 2.70. The van der Waals surface area contributed by atoms with Gasteiger partial charge >= 0.3 is 0 Å². The number of hydrogen-bond donors (Lipinski definition) is 1. The quantitative estimate of drug-likeness (QED) is 0.584. The third kappa shape index (κ3) is 3.30. The van der Waals surface area contributed by atoms with Crippen molar-refractivity contribution in [2.45, 2.75) is 6.54 Å². The molecule has 3 aromatic heterocycles. The number of nitrogens with zero attached hydrogens (tertiary/aromatic N) is 6. The van der Waals surface area contributed by atoms with Crippen molar-refractivity contribution in [2.75, 3.05) is 7.05 Å². The molecule has 0 fully saturated rings. The molecule has 0 atom stereocenters. The van der Waals surface area contributed by atoms with Crippen LogP contribution in [0.15, 0.2) is 60.0 Å². The number of rotatable bonds is 4. The van der Waals surface area contributed by atoms with Gasteiger partial charge in [0.2, 0.25) is 0 Å². The Morgan fingerprint density at radius 3 is 2.81 bits per heavy atom. The number of aromatic amines is 1. The van der Waals surface area contributed by atoms with Crippen molar-refractivity contribution in [3.63, 3.8) is 0 Å². The molecule has 0 spiro atoms. The van der Waals surface area contributed by atoms with Gasteiger partial charge in [-0.2, -0.15) is 5.10 Å². The highest BCUT2D eigenvalue weighted by molar-refractivity contribution is 5.93. The van der Waals surface area contributed by atoms with Gasteiger partial charge in [0, 0.05) is 13.2 Å². The molecule has 1 amide bonds. The van der Waals surface area contributed by atoms with Gasteiger partial charge in [-0.25, -0.2) is 19.6 Å². The molecule has 1 N–H and O–H groups in total. The molecule has 27 heavy (non-hydrogen) atoms. The third-order valence-corrected chi connectivity index (χ3v) is 4.04. The van der Waals surface area contributed by atoms with Gasteiger partial charge in [-0.15, -0.1) is 0 Å². The normalized spacial score (nSPS) is 10.9. The molecule has 0 aliphatic heterocycles. The molecule has 0 aliphatic rings. The zero-order chi connectivity index (χ0) is 18.8. The lowest BCUT2D eigenvalue weighted by Gasteiger charge is -2.16. The van der Waals surface area contributed by atoms with Crippen LogP contribution in [0, 0.1) is 0 Å². The van der Waals surface area contributed by atoms with Crippen LogP contribution >= 0.6 is 0 Å². The molecule has 9 heteroatoms. The van der Waals surface area contributed by atoms with Crippen molar-refractivity contribution in [2.24, 2.45) is 0 Å². The Morgan fingerprint density at radius 1 is 1.22 bits per heavy atom. The maximum atomic E-state index is 12.6. The maximum Gasteiger partial charge on any atom is 0.258 e. The van der Waals surface area contributed by atoms with Crippen LogP contribution in [-0.4, -0.2) is 47.6 Å². The van der Waals surface area contributed by atoms with E-state index in [1.807, 2.05) is 6.07 Å².